The van der Waals surface area contributed by atoms with Gasteiger partial charge in [0.2, 0.25) is 5.91 Å². The molecule has 0 aliphatic rings. The van der Waals surface area contributed by atoms with Crippen LogP contribution in [0.4, 0.5) is 5.69 Å². The molecule has 0 bridgehead atoms. The van der Waals surface area contributed by atoms with Gasteiger partial charge in [-0.1, -0.05) is 54.0 Å². The average Bonchev–Trinajstić information content (AvgIpc) is 2.67. The lowest BCUT2D eigenvalue weighted by molar-refractivity contribution is -0.117. The van der Waals surface area contributed by atoms with E-state index in [0.717, 1.165) is 39.0 Å². The second kappa shape index (κ2) is 9.16. The summed E-state index contributed by atoms with van der Waals surface area (Å²) in [4.78, 5) is 17.2. The van der Waals surface area contributed by atoms with E-state index in [1.54, 1.807) is 0 Å². The Morgan fingerprint density at radius 3 is 2.29 bits per heavy atom. The molecular weight excluding hydrogens is 412 g/mol. The molecule has 0 saturated heterocycles. The number of hydrogen-bond acceptors (Lipinski definition) is 2. The number of nitrogens with one attached hydrogen (secondary N) is 1. The maximum absolute atomic E-state index is 13.0. The Bertz CT molecular complexity index is 934. The fraction of sp³-hybridized carbons (Fsp3) is 0.250. The SMILES string of the molecule is Cc1cc(-c2ccc(NC(=O)[C@@H](CC(C)C)c3ccc(Br)cc3)cc2)ccn1. The van der Waals surface area contributed by atoms with Gasteiger partial charge in [0.1, 0.15) is 0 Å². The zero-order valence-corrected chi connectivity index (χ0v) is 18.0. The van der Waals surface area contributed by atoms with Crippen molar-refractivity contribution >= 4 is 27.5 Å². The van der Waals surface area contributed by atoms with Crippen LogP contribution in [0.3, 0.4) is 0 Å². The van der Waals surface area contributed by atoms with Gasteiger partial charge in [0.25, 0.3) is 0 Å². The minimum absolute atomic E-state index is 0.0310. The fourth-order valence-electron chi connectivity index (χ4n) is 3.26. The van der Waals surface area contributed by atoms with Crippen molar-refractivity contribution in [1.82, 2.24) is 4.98 Å². The molecule has 0 saturated carbocycles. The summed E-state index contributed by atoms with van der Waals surface area (Å²) in [5.41, 5.74) is 5.07. The van der Waals surface area contributed by atoms with Gasteiger partial charge in [-0.15, -0.1) is 0 Å². The second-order valence-electron chi connectivity index (χ2n) is 7.49. The van der Waals surface area contributed by atoms with Crippen LogP contribution in [0, 0.1) is 12.8 Å². The van der Waals surface area contributed by atoms with E-state index in [1.807, 2.05) is 67.7 Å². The van der Waals surface area contributed by atoms with Crippen LogP contribution in [-0.4, -0.2) is 10.9 Å². The molecule has 144 valence electrons. The number of aromatic nitrogens is 1. The third kappa shape index (κ3) is 5.29. The van der Waals surface area contributed by atoms with Crippen molar-refractivity contribution < 1.29 is 4.79 Å². The normalized spacial score (nSPS) is 12.0. The summed E-state index contributed by atoms with van der Waals surface area (Å²) in [6, 6.07) is 20.0. The van der Waals surface area contributed by atoms with Crippen LogP contribution in [0.15, 0.2) is 71.3 Å². The Balaban J connectivity index is 1.76. The lowest BCUT2D eigenvalue weighted by Crippen LogP contribution is -2.22. The molecular formula is C24H25BrN2O. The molecule has 3 rings (SSSR count). The molecule has 1 aromatic heterocycles. The van der Waals surface area contributed by atoms with Gasteiger partial charge in [0, 0.05) is 22.1 Å². The fourth-order valence-corrected chi connectivity index (χ4v) is 3.53. The topological polar surface area (TPSA) is 42.0 Å². The Morgan fingerprint density at radius 2 is 1.68 bits per heavy atom. The van der Waals surface area contributed by atoms with Gasteiger partial charge in [-0.05, 0) is 72.4 Å². The molecule has 3 aromatic rings. The number of hydrogen-bond donors (Lipinski definition) is 1. The quantitative estimate of drug-likeness (QED) is 0.473. The largest absolute Gasteiger partial charge is 0.326 e. The van der Waals surface area contributed by atoms with E-state index in [2.05, 4.69) is 46.1 Å². The van der Waals surface area contributed by atoms with Crippen LogP contribution in [0.1, 0.15) is 37.4 Å². The van der Waals surface area contributed by atoms with Crippen molar-refractivity contribution in [3.05, 3.63) is 82.6 Å². The molecule has 0 aliphatic heterocycles. The van der Waals surface area contributed by atoms with Crippen LogP contribution in [0.2, 0.25) is 0 Å². The number of carbonyl (C=O) groups excluding carboxylic acids is 1. The van der Waals surface area contributed by atoms with Gasteiger partial charge in [-0.3, -0.25) is 9.78 Å². The molecule has 2 aromatic carbocycles. The summed E-state index contributed by atoms with van der Waals surface area (Å²) < 4.78 is 1.02. The van der Waals surface area contributed by atoms with Gasteiger partial charge in [0.05, 0.1) is 5.92 Å². The van der Waals surface area contributed by atoms with Gasteiger partial charge < -0.3 is 5.32 Å². The number of amides is 1. The smallest absolute Gasteiger partial charge is 0.231 e. The van der Waals surface area contributed by atoms with Crippen LogP contribution < -0.4 is 5.32 Å². The van der Waals surface area contributed by atoms with Crippen LogP contribution in [0.5, 0.6) is 0 Å². The number of rotatable bonds is 6. The van der Waals surface area contributed by atoms with Crippen molar-refractivity contribution in [2.75, 3.05) is 5.32 Å². The second-order valence-corrected chi connectivity index (χ2v) is 8.40. The molecule has 0 radical (unpaired) electrons. The molecule has 1 N–H and O–H groups in total. The molecule has 0 fully saturated rings. The summed E-state index contributed by atoms with van der Waals surface area (Å²) in [6.07, 6.45) is 2.62. The Morgan fingerprint density at radius 1 is 1.00 bits per heavy atom. The first-order chi connectivity index (χ1) is 13.4. The van der Waals surface area contributed by atoms with Crippen molar-refractivity contribution in [2.45, 2.75) is 33.1 Å². The highest BCUT2D eigenvalue weighted by Gasteiger charge is 2.22. The lowest BCUT2D eigenvalue weighted by Gasteiger charge is -2.19. The predicted octanol–water partition coefficient (Wildman–Crippen LogP) is 6.59. The Kier molecular flexibility index (Phi) is 6.63. The van der Waals surface area contributed by atoms with E-state index in [1.165, 1.54) is 0 Å². The Labute approximate surface area is 175 Å². The van der Waals surface area contributed by atoms with Gasteiger partial charge in [-0.25, -0.2) is 0 Å². The number of nitrogens with zero attached hydrogens (tertiary/aromatic N) is 1. The molecule has 1 amide bonds. The molecule has 28 heavy (non-hydrogen) atoms. The Hall–Kier alpha value is -2.46. The summed E-state index contributed by atoms with van der Waals surface area (Å²) in [5.74, 6) is 0.288. The van der Waals surface area contributed by atoms with E-state index in [4.69, 9.17) is 0 Å². The standard InChI is InChI=1S/C24H25BrN2O/c1-16(2)14-23(19-4-8-21(25)9-5-19)24(28)27-22-10-6-18(7-11-22)20-12-13-26-17(3)15-20/h4-13,15-16,23H,14H2,1-3H3,(H,27,28)/t23-/m0/s1. The minimum atomic E-state index is -0.171. The molecule has 1 atom stereocenters. The maximum Gasteiger partial charge on any atom is 0.231 e. The number of aryl methyl sites for hydroxylation is 1. The zero-order valence-electron chi connectivity index (χ0n) is 16.4. The first-order valence-electron chi connectivity index (χ1n) is 9.52. The number of pyridine rings is 1. The van der Waals surface area contributed by atoms with E-state index < -0.39 is 0 Å². The molecule has 1 heterocycles. The number of benzene rings is 2. The summed E-state index contributed by atoms with van der Waals surface area (Å²) >= 11 is 3.46. The highest BCUT2D eigenvalue weighted by molar-refractivity contribution is 9.10. The van der Waals surface area contributed by atoms with E-state index in [0.29, 0.717) is 5.92 Å². The summed E-state index contributed by atoms with van der Waals surface area (Å²) in [6.45, 7) is 6.27. The lowest BCUT2D eigenvalue weighted by atomic mass is 9.89. The maximum atomic E-state index is 13.0. The van der Waals surface area contributed by atoms with E-state index >= 15 is 0 Å². The third-order valence-corrected chi connectivity index (χ3v) is 5.21. The van der Waals surface area contributed by atoms with Crippen molar-refractivity contribution in [2.24, 2.45) is 5.92 Å². The van der Waals surface area contributed by atoms with Crippen molar-refractivity contribution in [1.29, 1.82) is 0 Å². The van der Waals surface area contributed by atoms with Gasteiger partial charge in [0.15, 0.2) is 0 Å². The van der Waals surface area contributed by atoms with E-state index in [-0.39, 0.29) is 11.8 Å². The van der Waals surface area contributed by atoms with E-state index in [9.17, 15) is 4.79 Å². The number of carbonyl (C=O) groups is 1. The molecule has 0 aliphatic carbocycles. The minimum Gasteiger partial charge on any atom is -0.326 e. The number of halogens is 1. The average molecular weight is 437 g/mol. The van der Waals surface area contributed by atoms with Crippen LogP contribution in [0.25, 0.3) is 11.1 Å². The van der Waals surface area contributed by atoms with Crippen molar-refractivity contribution in [3.8, 4) is 11.1 Å². The highest BCUT2D eigenvalue weighted by Crippen LogP contribution is 2.28. The van der Waals surface area contributed by atoms with Crippen LogP contribution >= 0.6 is 15.9 Å². The molecule has 0 unspecified atom stereocenters. The highest BCUT2D eigenvalue weighted by atomic mass is 79.9. The molecule has 0 spiro atoms. The van der Waals surface area contributed by atoms with Gasteiger partial charge in [-0.2, -0.15) is 0 Å². The first kappa shape index (κ1) is 20.3. The third-order valence-electron chi connectivity index (χ3n) is 4.68. The predicted molar refractivity (Wildman–Crippen MR) is 119 cm³/mol. The summed E-state index contributed by atoms with van der Waals surface area (Å²) in [7, 11) is 0. The van der Waals surface area contributed by atoms with Gasteiger partial charge >= 0.3 is 0 Å². The monoisotopic (exact) mass is 436 g/mol. The number of anilines is 1. The van der Waals surface area contributed by atoms with Crippen LogP contribution in [-0.2, 0) is 4.79 Å². The van der Waals surface area contributed by atoms with Crippen molar-refractivity contribution in [3.63, 3.8) is 0 Å². The first-order valence-corrected chi connectivity index (χ1v) is 10.3. The zero-order chi connectivity index (χ0) is 20.1. The summed E-state index contributed by atoms with van der Waals surface area (Å²) in [5, 5.41) is 3.09. The molecule has 3 nitrogen and oxygen atoms in total. The molecule has 4 heteroatoms.